The third-order valence-corrected chi connectivity index (χ3v) is 6.68. The highest BCUT2D eigenvalue weighted by molar-refractivity contribution is 7.11. The average molecular weight is 386 g/mol. The third-order valence-electron chi connectivity index (χ3n) is 5.62. The largest absolute Gasteiger partial charge is 0.328 e. The maximum absolute atomic E-state index is 4.68. The number of hydrogen-bond donors (Lipinski definition) is 0. The van der Waals surface area contributed by atoms with E-state index < -0.39 is 0 Å². The Labute approximate surface area is 164 Å². The van der Waals surface area contributed by atoms with Crippen LogP contribution in [0.25, 0.3) is 0 Å². The first kappa shape index (κ1) is 18.3. The lowest BCUT2D eigenvalue weighted by Crippen LogP contribution is -2.33. The quantitative estimate of drug-likeness (QED) is 0.676. The Balaban J connectivity index is 1.37. The van der Waals surface area contributed by atoms with E-state index in [9.17, 15) is 0 Å². The van der Waals surface area contributed by atoms with Crippen molar-refractivity contribution in [3.63, 3.8) is 0 Å². The Morgan fingerprint density at radius 1 is 1.11 bits per heavy atom. The number of hydrogen-bond acceptors (Lipinski definition) is 6. The zero-order chi connectivity index (χ0) is 19.0. The Bertz CT molecular complexity index is 895. The molecule has 0 saturated carbocycles. The van der Waals surface area contributed by atoms with E-state index >= 15 is 0 Å². The smallest absolute Gasteiger partial charge is 0.152 e. The summed E-state index contributed by atoms with van der Waals surface area (Å²) < 4.78 is 4.28. The van der Waals surface area contributed by atoms with Crippen molar-refractivity contribution in [3.8, 4) is 0 Å². The molecule has 0 atom stereocenters. The molecule has 27 heavy (non-hydrogen) atoms. The number of nitrogens with zero attached hydrogens (tertiary/aromatic N) is 7. The summed E-state index contributed by atoms with van der Waals surface area (Å²) in [7, 11) is 2.09. The Hall–Kier alpha value is -2.06. The molecule has 1 aliphatic rings. The normalized spacial score (nSPS) is 16.3. The summed E-state index contributed by atoms with van der Waals surface area (Å²) >= 11 is 1.83. The van der Waals surface area contributed by atoms with E-state index in [-0.39, 0.29) is 0 Å². The molecule has 3 aromatic rings. The van der Waals surface area contributed by atoms with Gasteiger partial charge in [0.1, 0.15) is 16.7 Å². The predicted octanol–water partition coefficient (Wildman–Crippen LogP) is 2.82. The second-order valence-corrected chi connectivity index (χ2v) is 8.72. The molecule has 0 amide bonds. The molecule has 0 radical (unpaired) electrons. The van der Waals surface area contributed by atoms with Crippen molar-refractivity contribution in [1.82, 2.24) is 34.2 Å². The Morgan fingerprint density at radius 3 is 2.52 bits per heavy atom. The highest BCUT2D eigenvalue weighted by atomic mass is 32.1. The first-order valence-corrected chi connectivity index (χ1v) is 10.3. The van der Waals surface area contributed by atoms with E-state index in [0.29, 0.717) is 5.92 Å². The van der Waals surface area contributed by atoms with Crippen molar-refractivity contribution in [2.75, 3.05) is 13.1 Å². The van der Waals surface area contributed by atoms with Gasteiger partial charge in [-0.25, -0.2) is 9.97 Å². The van der Waals surface area contributed by atoms with Gasteiger partial charge in [-0.3, -0.25) is 4.90 Å². The van der Waals surface area contributed by atoms with Crippen molar-refractivity contribution in [2.24, 2.45) is 7.05 Å². The molecule has 8 heteroatoms. The fraction of sp³-hybridized carbons (Fsp3) is 0.579. The minimum absolute atomic E-state index is 0.483. The van der Waals surface area contributed by atoms with Gasteiger partial charge in [0.25, 0.3) is 0 Å². The average Bonchev–Trinajstić information content (AvgIpc) is 3.31. The van der Waals surface area contributed by atoms with Crippen molar-refractivity contribution in [2.45, 2.75) is 52.6 Å². The van der Waals surface area contributed by atoms with Crippen LogP contribution in [0.3, 0.4) is 0 Å². The van der Waals surface area contributed by atoms with Gasteiger partial charge in [0.2, 0.25) is 0 Å². The maximum Gasteiger partial charge on any atom is 0.152 e. The highest BCUT2D eigenvalue weighted by Gasteiger charge is 2.25. The van der Waals surface area contributed by atoms with E-state index in [0.717, 1.165) is 56.5 Å². The van der Waals surface area contributed by atoms with Gasteiger partial charge in [-0.2, -0.15) is 0 Å². The second kappa shape index (κ2) is 7.52. The fourth-order valence-corrected chi connectivity index (χ4v) is 4.72. The first-order valence-electron chi connectivity index (χ1n) is 9.52. The molecule has 3 aromatic heterocycles. The van der Waals surface area contributed by atoms with E-state index in [1.54, 1.807) is 0 Å². The molecule has 0 spiro atoms. The summed E-state index contributed by atoms with van der Waals surface area (Å²) in [4.78, 5) is 12.8. The summed E-state index contributed by atoms with van der Waals surface area (Å²) in [5.74, 6) is 3.59. The van der Waals surface area contributed by atoms with Crippen molar-refractivity contribution >= 4 is 11.3 Å². The SMILES string of the molecule is Cc1nc(CN2CCC(c3nnc(Cn4ccnc4C)n3C)CC2)sc1C. The van der Waals surface area contributed by atoms with Gasteiger partial charge in [-0.15, -0.1) is 21.5 Å². The van der Waals surface area contributed by atoms with Crippen LogP contribution in [0, 0.1) is 20.8 Å². The number of rotatable bonds is 5. The number of imidazole rings is 1. The van der Waals surface area contributed by atoms with Gasteiger partial charge in [0.05, 0.1) is 18.8 Å². The van der Waals surface area contributed by atoms with Gasteiger partial charge in [-0.1, -0.05) is 0 Å². The molecule has 0 bridgehead atoms. The molecule has 0 N–H and O–H groups in total. The summed E-state index contributed by atoms with van der Waals surface area (Å²) in [6.45, 7) is 10.1. The zero-order valence-electron chi connectivity index (χ0n) is 16.5. The van der Waals surface area contributed by atoms with Gasteiger partial charge < -0.3 is 9.13 Å². The van der Waals surface area contributed by atoms with E-state index in [1.165, 1.54) is 15.6 Å². The van der Waals surface area contributed by atoms with Crippen LogP contribution >= 0.6 is 11.3 Å². The molecule has 4 rings (SSSR count). The molecule has 0 unspecified atom stereocenters. The topological polar surface area (TPSA) is 64.7 Å². The van der Waals surface area contributed by atoms with E-state index in [1.807, 2.05) is 30.7 Å². The Morgan fingerprint density at radius 2 is 1.89 bits per heavy atom. The monoisotopic (exact) mass is 385 g/mol. The molecule has 144 valence electrons. The van der Waals surface area contributed by atoms with Crippen LogP contribution in [0.4, 0.5) is 0 Å². The molecule has 0 aromatic carbocycles. The first-order chi connectivity index (χ1) is 13.0. The van der Waals surface area contributed by atoms with Crippen LogP contribution in [0.5, 0.6) is 0 Å². The minimum Gasteiger partial charge on any atom is -0.328 e. The molecule has 1 aliphatic heterocycles. The Kier molecular flexibility index (Phi) is 5.10. The maximum atomic E-state index is 4.68. The molecule has 7 nitrogen and oxygen atoms in total. The fourth-order valence-electron chi connectivity index (χ4n) is 3.74. The van der Waals surface area contributed by atoms with E-state index in [4.69, 9.17) is 0 Å². The standard InChI is InChI=1S/C19H27N7S/c1-13-14(2)27-18(21-13)12-25-8-5-16(6-9-25)19-23-22-17(24(19)4)11-26-10-7-20-15(26)3/h7,10,16H,5-6,8-9,11-12H2,1-4H3. The minimum atomic E-state index is 0.483. The lowest BCUT2D eigenvalue weighted by atomic mass is 9.96. The highest BCUT2D eigenvalue weighted by Crippen LogP contribution is 2.28. The van der Waals surface area contributed by atoms with Crippen LogP contribution in [0.15, 0.2) is 12.4 Å². The molecule has 1 saturated heterocycles. The third kappa shape index (κ3) is 3.82. The van der Waals surface area contributed by atoms with Gasteiger partial charge in [0, 0.05) is 30.2 Å². The number of likely N-dealkylation sites (tertiary alicyclic amines) is 1. The number of thiazole rings is 1. The number of aryl methyl sites for hydroxylation is 3. The summed E-state index contributed by atoms with van der Waals surface area (Å²) in [6, 6.07) is 0. The lowest BCUT2D eigenvalue weighted by Gasteiger charge is -2.30. The predicted molar refractivity (Wildman–Crippen MR) is 106 cm³/mol. The molecule has 0 aliphatic carbocycles. The van der Waals surface area contributed by atoms with Gasteiger partial charge in [-0.05, 0) is 46.7 Å². The van der Waals surface area contributed by atoms with Gasteiger partial charge >= 0.3 is 0 Å². The van der Waals surface area contributed by atoms with Crippen LogP contribution in [-0.4, -0.2) is 47.3 Å². The van der Waals surface area contributed by atoms with Crippen LogP contribution in [-0.2, 0) is 20.1 Å². The number of piperidine rings is 1. The molecule has 4 heterocycles. The van der Waals surface area contributed by atoms with Crippen LogP contribution in [0.2, 0.25) is 0 Å². The van der Waals surface area contributed by atoms with E-state index in [2.05, 4.69) is 55.1 Å². The van der Waals surface area contributed by atoms with Crippen LogP contribution < -0.4 is 0 Å². The number of aromatic nitrogens is 6. The van der Waals surface area contributed by atoms with Crippen LogP contribution in [0.1, 0.15) is 51.8 Å². The molecule has 1 fully saturated rings. The van der Waals surface area contributed by atoms with Gasteiger partial charge in [0.15, 0.2) is 5.82 Å². The summed E-state index contributed by atoms with van der Waals surface area (Å²) in [5.41, 5.74) is 1.17. The molecular formula is C19H27N7S. The molecular weight excluding hydrogens is 358 g/mol. The van der Waals surface area contributed by atoms with Crippen molar-refractivity contribution in [1.29, 1.82) is 0 Å². The second-order valence-electron chi connectivity index (χ2n) is 7.44. The summed E-state index contributed by atoms with van der Waals surface area (Å²) in [5, 5.41) is 10.2. The summed E-state index contributed by atoms with van der Waals surface area (Å²) in [6.07, 6.45) is 6.07. The van der Waals surface area contributed by atoms with Crippen molar-refractivity contribution in [3.05, 3.63) is 45.4 Å². The lowest BCUT2D eigenvalue weighted by molar-refractivity contribution is 0.200. The zero-order valence-corrected chi connectivity index (χ0v) is 17.3. The van der Waals surface area contributed by atoms with Crippen molar-refractivity contribution < 1.29 is 0 Å².